The normalized spacial score (nSPS) is 19.5. The minimum Gasteiger partial charge on any atom is -0.383 e. The van der Waals surface area contributed by atoms with Gasteiger partial charge in [-0.05, 0) is 44.2 Å². The molecule has 1 saturated carbocycles. The molecule has 1 aliphatic carbocycles. The predicted octanol–water partition coefficient (Wildman–Crippen LogP) is 6.19. The van der Waals surface area contributed by atoms with Crippen molar-refractivity contribution in [1.29, 1.82) is 0 Å². The number of rotatable bonds is 9. The maximum atomic E-state index is 6.72. The number of hydrogen-bond donors (Lipinski definition) is 0. The number of thiazole rings is 1. The van der Waals surface area contributed by atoms with Gasteiger partial charge < -0.3 is 9.64 Å². The lowest BCUT2D eigenvalue weighted by atomic mass is 9.89. The van der Waals surface area contributed by atoms with Crippen molar-refractivity contribution in [2.45, 2.75) is 64.5 Å². The van der Waals surface area contributed by atoms with Crippen molar-refractivity contribution in [2.75, 3.05) is 38.3 Å². The molecule has 170 valence electrons. The van der Waals surface area contributed by atoms with E-state index in [1.54, 1.807) is 18.4 Å². The SMILES string of the molecule is COCCN(Cc1csc(C2CN(CC3CCCCC3)c3c(Cl)cccc32)n1)C(C)C. The third-order valence-electron chi connectivity index (χ3n) is 6.86. The molecule has 4 rings (SSSR count). The van der Waals surface area contributed by atoms with E-state index in [1.165, 1.54) is 54.1 Å². The topological polar surface area (TPSA) is 28.6 Å². The van der Waals surface area contributed by atoms with Gasteiger partial charge in [-0.1, -0.05) is 43.0 Å². The van der Waals surface area contributed by atoms with Gasteiger partial charge >= 0.3 is 0 Å². The standard InChI is InChI=1S/C25H36ClN3OS/c1-18(2)28(12-13-30-3)15-20-17-31-25(27-20)22-16-29(14-19-8-5-4-6-9-19)24-21(22)10-7-11-23(24)26/h7,10-11,17-19,22H,4-6,8-9,12-16H2,1-3H3. The van der Waals surface area contributed by atoms with E-state index in [0.717, 1.165) is 43.7 Å². The summed E-state index contributed by atoms with van der Waals surface area (Å²) in [6.45, 7) is 9.16. The number of hydrogen-bond acceptors (Lipinski definition) is 5. The average molecular weight is 462 g/mol. The highest BCUT2D eigenvalue weighted by Gasteiger charge is 2.34. The van der Waals surface area contributed by atoms with Gasteiger partial charge in [-0.3, -0.25) is 4.90 Å². The molecule has 1 atom stereocenters. The highest BCUT2D eigenvalue weighted by molar-refractivity contribution is 7.09. The molecule has 0 saturated heterocycles. The van der Waals surface area contributed by atoms with Crippen LogP contribution < -0.4 is 4.90 Å². The van der Waals surface area contributed by atoms with Gasteiger partial charge in [-0.25, -0.2) is 4.98 Å². The second kappa shape index (κ2) is 10.7. The molecule has 0 amide bonds. The maximum Gasteiger partial charge on any atom is 0.102 e. The number of nitrogens with zero attached hydrogens (tertiary/aromatic N) is 3. The number of fused-ring (bicyclic) bond motifs is 1. The molecule has 1 unspecified atom stereocenters. The van der Waals surface area contributed by atoms with Gasteiger partial charge in [0.05, 0.1) is 28.9 Å². The number of benzene rings is 1. The number of anilines is 1. The van der Waals surface area contributed by atoms with Crippen LogP contribution >= 0.6 is 22.9 Å². The van der Waals surface area contributed by atoms with Crippen LogP contribution in [-0.4, -0.2) is 49.3 Å². The van der Waals surface area contributed by atoms with E-state index < -0.39 is 0 Å². The summed E-state index contributed by atoms with van der Waals surface area (Å²) in [5, 5.41) is 4.35. The molecule has 4 nitrogen and oxygen atoms in total. The lowest BCUT2D eigenvalue weighted by Crippen LogP contribution is -2.33. The summed E-state index contributed by atoms with van der Waals surface area (Å²) in [6.07, 6.45) is 6.87. The predicted molar refractivity (Wildman–Crippen MR) is 132 cm³/mol. The van der Waals surface area contributed by atoms with Crippen LogP contribution in [-0.2, 0) is 11.3 Å². The molecule has 1 aliphatic heterocycles. The summed E-state index contributed by atoms with van der Waals surface area (Å²) < 4.78 is 5.29. The van der Waals surface area contributed by atoms with Gasteiger partial charge in [0.25, 0.3) is 0 Å². The first-order valence-electron chi connectivity index (χ1n) is 11.8. The summed E-state index contributed by atoms with van der Waals surface area (Å²) in [7, 11) is 1.77. The Bertz CT molecular complexity index is 849. The Morgan fingerprint density at radius 2 is 2.06 bits per heavy atom. The third kappa shape index (κ3) is 5.44. The fourth-order valence-electron chi connectivity index (χ4n) is 5.11. The second-order valence-electron chi connectivity index (χ2n) is 9.37. The first kappa shape index (κ1) is 23.0. The minimum absolute atomic E-state index is 0.322. The fourth-order valence-corrected chi connectivity index (χ4v) is 6.33. The van der Waals surface area contributed by atoms with E-state index in [-0.39, 0.29) is 0 Å². The Labute approximate surface area is 196 Å². The Morgan fingerprint density at radius 3 is 2.81 bits per heavy atom. The van der Waals surface area contributed by atoms with Gasteiger partial charge in [-0.15, -0.1) is 11.3 Å². The highest BCUT2D eigenvalue weighted by atomic mass is 35.5. The lowest BCUT2D eigenvalue weighted by Gasteiger charge is -2.29. The minimum atomic E-state index is 0.322. The zero-order valence-electron chi connectivity index (χ0n) is 19.1. The van der Waals surface area contributed by atoms with Crippen LogP contribution in [0.2, 0.25) is 5.02 Å². The van der Waals surface area contributed by atoms with Crippen LogP contribution in [0.25, 0.3) is 0 Å². The summed E-state index contributed by atoms with van der Waals surface area (Å²) in [6, 6.07) is 6.86. The molecule has 0 spiro atoms. The Kier molecular flexibility index (Phi) is 7.91. The monoisotopic (exact) mass is 461 g/mol. The van der Waals surface area contributed by atoms with Gasteiger partial charge in [0.2, 0.25) is 0 Å². The molecule has 2 aromatic rings. The number of methoxy groups -OCH3 is 1. The largest absolute Gasteiger partial charge is 0.383 e. The molecule has 0 N–H and O–H groups in total. The third-order valence-corrected chi connectivity index (χ3v) is 8.17. The average Bonchev–Trinajstić information content (AvgIpc) is 3.37. The second-order valence-corrected chi connectivity index (χ2v) is 10.7. The zero-order chi connectivity index (χ0) is 21.8. The van der Waals surface area contributed by atoms with E-state index in [9.17, 15) is 0 Å². The molecule has 1 fully saturated rings. The van der Waals surface area contributed by atoms with Crippen LogP contribution in [0.1, 0.15) is 68.1 Å². The van der Waals surface area contributed by atoms with E-state index in [2.05, 4.69) is 41.2 Å². The Hall–Kier alpha value is -1.14. The van der Waals surface area contributed by atoms with E-state index in [0.29, 0.717) is 12.0 Å². The van der Waals surface area contributed by atoms with Gasteiger partial charge in [0, 0.05) is 44.7 Å². The molecular formula is C25H36ClN3OS. The van der Waals surface area contributed by atoms with Crippen molar-refractivity contribution in [1.82, 2.24) is 9.88 Å². The smallest absolute Gasteiger partial charge is 0.102 e. The van der Waals surface area contributed by atoms with Crippen molar-refractivity contribution in [3.8, 4) is 0 Å². The van der Waals surface area contributed by atoms with Gasteiger partial charge in [0.15, 0.2) is 0 Å². The molecule has 2 heterocycles. The number of ether oxygens (including phenoxy) is 1. The molecule has 2 aliphatic rings. The van der Waals surface area contributed by atoms with Gasteiger partial charge in [0.1, 0.15) is 5.01 Å². The van der Waals surface area contributed by atoms with Crippen molar-refractivity contribution in [2.24, 2.45) is 5.92 Å². The molecule has 0 bridgehead atoms. The fraction of sp³-hybridized carbons (Fsp3) is 0.640. The van der Waals surface area contributed by atoms with Crippen LogP contribution in [0.15, 0.2) is 23.6 Å². The Balaban J connectivity index is 1.51. The molecular weight excluding hydrogens is 426 g/mol. The van der Waals surface area contributed by atoms with Crippen molar-refractivity contribution < 1.29 is 4.74 Å². The van der Waals surface area contributed by atoms with Crippen molar-refractivity contribution in [3.63, 3.8) is 0 Å². The highest BCUT2D eigenvalue weighted by Crippen LogP contribution is 2.45. The summed E-state index contributed by atoms with van der Waals surface area (Å²) in [5.41, 5.74) is 3.77. The number of para-hydroxylation sites is 1. The van der Waals surface area contributed by atoms with E-state index in [1.807, 2.05) is 6.07 Å². The number of halogens is 1. The quantitative estimate of drug-likeness (QED) is 0.445. The molecule has 6 heteroatoms. The maximum absolute atomic E-state index is 6.72. The van der Waals surface area contributed by atoms with Crippen LogP contribution in [0.4, 0.5) is 5.69 Å². The summed E-state index contributed by atoms with van der Waals surface area (Å²) in [5.74, 6) is 1.12. The van der Waals surface area contributed by atoms with Crippen LogP contribution in [0.5, 0.6) is 0 Å². The summed E-state index contributed by atoms with van der Waals surface area (Å²) >= 11 is 8.52. The van der Waals surface area contributed by atoms with Crippen LogP contribution in [0.3, 0.4) is 0 Å². The van der Waals surface area contributed by atoms with Gasteiger partial charge in [-0.2, -0.15) is 0 Å². The lowest BCUT2D eigenvalue weighted by molar-refractivity contribution is 0.124. The summed E-state index contributed by atoms with van der Waals surface area (Å²) in [4.78, 5) is 10.1. The number of aromatic nitrogens is 1. The van der Waals surface area contributed by atoms with E-state index >= 15 is 0 Å². The molecule has 1 aromatic carbocycles. The molecule has 31 heavy (non-hydrogen) atoms. The van der Waals surface area contributed by atoms with Crippen LogP contribution in [0, 0.1) is 5.92 Å². The molecule has 0 radical (unpaired) electrons. The Morgan fingerprint density at radius 1 is 1.26 bits per heavy atom. The first-order chi connectivity index (χ1) is 15.1. The zero-order valence-corrected chi connectivity index (χ0v) is 20.7. The molecule has 1 aromatic heterocycles. The van der Waals surface area contributed by atoms with Crippen molar-refractivity contribution in [3.05, 3.63) is 44.9 Å². The van der Waals surface area contributed by atoms with Crippen molar-refractivity contribution >= 4 is 28.6 Å². The first-order valence-corrected chi connectivity index (χ1v) is 13.0. The van der Waals surface area contributed by atoms with E-state index in [4.69, 9.17) is 21.3 Å².